The van der Waals surface area contributed by atoms with E-state index < -0.39 is 10.0 Å². The van der Waals surface area contributed by atoms with E-state index in [1.807, 2.05) is 13.0 Å². The smallest absolute Gasteiger partial charge is 0.242 e. The van der Waals surface area contributed by atoms with Crippen molar-refractivity contribution in [3.63, 3.8) is 0 Å². The predicted octanol–water partition coefficient (Wildman–Crippen LogP) is 1.81. The minimum Gasteiger partial charge on any atom is -0.381 e. The third-order valence-electron chi connectivity index (χ3n) is 4.29. The van der Waals surface area contributed by atoms with Gasteiger partial charge in [0.15, 0.2) is 5.96 Å². The van der Waals surface area contributed by atoms with Crippen LogP contribution in [-0.4, -0.2) is 59.1 Å². The molecule has 0 bridgehead atoms. The molecule has 1 aromatic carbocycles. The SMILES string of the molecule is CCNC(=NCc1ccccc1S(=O)(=O)N(C)C)NCCCOCC1CC1. The molecule has 0 radical (unpaired) electrons. The van der Waals surface area contributed by atoms with Crippen molar-refractivity contribution in [2.45, 2.75) is 37.6 Å². The maximum absolute atomic E-state index is 12.5. The normalized spacial score (nSPS) is 15.2. The van der Waals surface area contributed by atoms with Gasteiger partial charge < -0.3 is 15.4 Å². The summed E-state index contributed by atoms with van der Waals surface area (Å²) in [6.45, 7) is 5.41. The lowest BCUT2D eigenvalue weighted by Gasteiger charge is -2.15. The van der Waals surface area contributed by atoms with Crippen LogP contribution in [-0.2, 0) is 21.3 Å². The average molecular weight is 397 g/mol. The fraction of sp³-hybridized carbons (Fsp3) is 0.632. The molecule has 27 heavy (non-hydrogen) atoms. The Labute approximate surface area is 163 Å². The van der Waals surface area contributed by atoms with Crippen LogP contribution >= 0.6 is 0 Å². The molecule has 0 saturated heterocycles. The molecule has 1 saturated carbocycles. The number of nitrogens with zero attached hydrogens (tertiary/aromatic N) is 2. The molecule has 0 spiro atoms. The van der Waals surface area contributed by atoms with Crippen molar-refractivity contribution < 1.29 is 13.2 Å². The number of sulfonamides is 1. The minimum atomic E-state index is -3.49. The Kier molecular flexibility index (Phi) is 8.53. The summed E-state index contributed by atoms with van der Waals surface area (Å²) in [7, 11) is -0.422. The molecule has 1 aliphatic rings. The van der Waals surface area contributed by atoms with Gasteiger partial charge in [-0.2, -0.15) is 0 Å². The molecule has 7 nitrogen and oxygen atoms in total. The van der Waals surface area contributed by atoms with Gasteiger partial charge >= 0.3 is 0 Å². The number of guanidine groups is 1. The van der Waals surface area contributed by atoms with Gasteiger partial charge in [-0.1, -0.05) is 18.2 Å². The molecular formula is C19H32N4O3S. The van der Waals surface area contributed by atoms with Crippen LogP contribution in [0.1, 0.15) is 31.7 Å². The molecule has 0 unspecified atom stereocenters. The lowest BCUT2D eigenvalue weighted by atomic mass is 10.2. The maximum Gasteiger partial charge on any atom is 0.242 e. The molecule has 0 heterocycles. The number of rotatable bonds is 11. The Morgan fingerprint density at radius 3 is 2.67 bits per heavy atom. The van der Waals surface area contributed by atoms with Crippen molar-refractivity contribution in [3.05, 3.63) is 29.8 Å². The summed E-state index contributed by atoms with van der Waals surface area (Å²) in [5, 5.41) is 6.47. The van der Waals surface area contributed by atoms with Gasteiger partial charge in [0.25, 0.3) is 0 Å². The minimum absolute atomic E-state index is 0.288. The highest BCUT2D eigenvalue weighted by Crippen LogP contribution is 2.28. The molecular weight excluding hydrogens is 364 g/mol. The van der Waals surface area contributed by atoms with E-state index in [0.717, 1.165) is 38.6 Å². The first-order valence-electron chi connectivity index (χ1n) is 9.55. The Morgan fingerprint density at radius 1 is 1.26 bits per heavy atom. The van der Waals surface area contributed by atoms with Crippen LogP contribution in [0.25, 0.3) is 0 Å². The summed E-state index contributed by atoms with van der Waals surface area (Å²) in [6.07, 6.45) is 3.52. The van der Waals surface area contributed by atoms with Crippen LogP contribution in [0.4, 0.5) is 0 Å². The second kappa shape index (κ2) is 10.6. The monoisotopic (exact) mass is 396 g/mol. The van der Waals surface area contributed by atoms with E-state index in [4.69, 9.17) is 4.74 Å². The number of aliphatic imine (C=N–C) groups is 1. The van der Waals surface area contributed by atoms with Crippen molar-refractivity contribution in [2.24, 2.45) is 10.9 Å². The highest BCUT2D eigenvalue weighted by Gasteiger charge is 2.21. The highest BCUT2D eigenvalue weighted by atomic mass is 32.2. The molecule has 152 valence electrons. The maximum atomic E-state index is 12.5. The van der Waals surface area contributed by atoms with Crippen LogP contribution in [0.2, 0.25) is 0 Å². The van der Waals surface area contributed by atoms with E-state index >= 15 is 0 Å². The van der Waals surface area contributed by atoms with Crippen LogP contribution in [0.5, 0.6) is 0 Å². The standard InChI is InChI=1S/C19H32N4O3S/c1-4-20-19(21-12-7-13-26-15-16-10-11-16)22-14-17-8-5-6-9-18(17)27(24,25)23(2)3/h5-6,8-9,16H,4,7,10-15H2,1-3H3,(H2,20,21,22). The number of ether oxygens (including phenoxy) is 1. The van der Waals surface area contributed by atoms with E-state index in [0.29, 0.717) is 16.4 Å². The average Bonchev–Trinajstić information content (AvgIpc) is 3.46. The summed E-state index contributed by atoms with van der Waals surface area (Å²) in [5.74, 6) is 1.46. The number of benzene rings is 1. The molecule has 2 N–H and O–H groups in total. The summed E-state index contributed by atoms with van der Waals surface area (Å²) in [5.41, 5.74) is 0.677. The van der Waals surface area contributed by atoms with Crippen molar-refractivity contribution in [1.29, 1.82) is 0 Å². The van der Waals surface area contributed by atoms with E-state index in [-0.39, 0.29) is 6.54 Å². The number of nitrogens with one attached hydrogen (secondary N) is 2. The third kappa shape index (κ3) is 7.12. The zero-order chi connectivity index (χ0) is 19.7. The van der Waals surface area contributed by atoms with E-state index in [1.54, 1.807) is 18.2 Å². The lowest BCUT2D eigenvalue weighted by Crippen LogP contribution is -2.38. The first-order valence-corrected chi connectivity index (χ1v) is 11.0. The Hall–Kier alpha value is -1.64. The van der Waals surface area contributed by atoms with Crippen molar-refractivity contribution in [3.8, 4) is 0 Å². The molecule has 1 aliphatic carbocycles. The van der Waals surface area contributed by atoms with E-state index in [2.05, 4.69) is 15.6 Å². The molecule has 1 aromatic rings. The Morgan fingerprint density at radius 2 is 2.00 bits per heavy atom. The Balaban J connectivity index is 1.91. The van der Waals surface area contributed by atoms with Gasteiger partial charge in [0.05, 0.1) is 11.4 Å². The third-order valence-corrected chi connectivity index (χ3v) is 6.21. The van der Waals surface area contributed by atoms with Gasteiger partial charge in [0.1, 0.15) is 0 Å². The van der Waals surface area contributed by atoms with Gasteiger partial charge in [-0.05, 0) is 43.7 Å². The van der Waals surface area contributed by atoms with Gasteiger partial charge in [-0.15, -0.1) is 0 Å². The fourth-order valence-corrected chi connectivity index (χ4v) is 3.61. The van der Waals surface area contributed by atoms with Crippen LogP contribution in [0.15, 0.2) is 34.2 Å². The van der Waals surface area contributed by atoms with Gasteiger partial charge in [0, 0.05) is 40.4 Å². The summed E-state index contributed by atoms with van der Waals surface area (Å²) < 4.78 is 31.8. The van der Waals surface area contributed by atoms with Crippen molar-refractivity contribution in [1.82, 2.24) is 14.9 Å². The van der Waals surface area contributed by atoms with Gasteiger partial charge in [-0.3, -0.25) is 0 Å². The molecule has 2 rings (SSSR count). The van der Waals surface area contributed by atoms with E-state index in [9.17, 15) is 8.42 Å². The molecule has 0 aliphatic heterocycles. The van der Waals surface area contributed by atoms with Crippen LogP contribution in [0, 0.1) is 5.92 Å². The Bertz CT molecular complexity index is 715. The molecule has 8 heteroatoms. The number of hydrogen-bond donors (Lipinski definition) is 2. The first kappa shape index (κ1) is 21.7. The molecule has 1 fully saturated rings. The zero-order valence-corrected chi connectivity index (χ0v) is 17.4. The second-order valence-electron chi connectivity index (χ2n) is 6.89. The molecule has 0 amide bonds. The number of hydrogen-bond acceptors (Lipinski definition) is 4. The lowest BCUT2D eigenvalue weighted by molar-refractivity contribution is 0.123. The molecule has 0 atom stereocenters. The summed E-state index contributed by atoms with van der Waals surface area (Å²) in [6, 6.07) is 6.98. The summed E-state index contributed by atoms with van der Waals surface area (Å²) in [4.78, 5) is 4.84. The molecule has 0 aromatic heterocycles. The van der Waals surface area contributed by atoms with Crippen molar-refractivity contribution >= 4 is 16.0 Å². The quantitative estimate of drug-likeness (QED) is 0.339. The second-order valence-corrected chi connectivity index (χ2v) is 9.01. The first-order chi connectivity index (χ1) is 12.9. The van der Waals surface area contributed by atoms with Crippen LogP contribution < -0.4 is 10.6 Å². The zero-order valence-electron chi connectivity index (χ0n) is 16.6. The van der Waals surface area contributed by atoms with Crippen LogP contribution in [0.3, 0.4) is 0 Å². The van der Waals surface area contributed by atoms with Gasteiger partial charge in [0.2, 0.25) is 10.0 Å². The summed E-state index contributed by atoms with van der Waals surface area (Å²) >= 11 is 0. The fourth-order valence-electron chi connectivity index (χ4n) is 2.50. The largest absolute Gasteiger partial charge is 0.381 e. The predicted molar refractivity (Wildman–Crippen MR) is 108 cm³/mol. The highest BCUT2D eigenvalue weighted by molar-refractivity contribution is 7.89. The van der Waals surface area contributed by atoms with Gasteiger partial charge in [-0.25, -0.2) is 17.7 Å². The topological polar surface area (TPSA) is 83.0 Å². The van der Waals surface area contributed by atoms with E-state index in [1.165, 1.54) is 31.2 Å². The van der Waals surface area contributed by atoms with Crippen molar-refractivity contribution in [2.75, 3.05) is 40.4 Å².